The molecule has 0 saturated carbocycles. The Labute approximate surface area is 201 Å². The number of aliphatic carboxylic acids is 2. The molecule has 2 rings (SSSR count). The molecule has 1 heterocycles. The minimum atomic E-state index is -5.08. The molecule has 1 aliphatic rings. The summed E-state index contributed by atoms with van der Waals surface area (Å²) in [5.74, 6) is -4.32. The fourth-order valence-electron chi connectivity index (χ4n) is 3.41. The lowest BCUT2D eigenvalue weighted by Gasteiger charge is -2.34. The van der Waals surface area contributed by atoms with Crippen molar-refractivity contribution < 1.29 is 42.6 Å². The van der Waals surface area contributed by atoms with Gasteiger partial charge in [-0.05, 0) is 24.3 Å². The third-order valence-electron chi connectivity index (χ3n) is 5.86. The fourth-order valence-corrected chi connectivity index (χ4v) is 3.41. The van der Waals surface area contributed by atoms with Crippen molar-refractivity contribution in [2.45, 2.75) is 57.8 Å². The number of alkyl halides is 3. The first kappa shape index (κ1) is 29.9. The number of likely N-dealkylation sites (tertiary alicyclic amines) is 1. The second-order valence-electron chi connectivity index (χ2n) is 8.40. The highest BCUT2D eigenvalue weighted by Gasteiger charge is 2.38. The SMILES string of the molecule is CCC(C)[C@H](N)C(=O)N1CCC(C(=O)N[C@@H](Cc2ccccc2)C(=O)O)CC1.O=C(O)C(F)(F)F. The van der Waals surface area contributed by atoms with E-state index < -0.39 is 30.2 Å². The molecule has 12 heteroatoms. The monoisotopic (exact) mass is 503 g/mol. The summed E-state index contributed by atoms with van der Waals surface area (Å²) in [5.41, 5.74) is 6.89. The Morgan fingerprint density at radius 3 is 2.06 bits per heavy atom. The smallest absolute Gasteiger partial charge is 0.480 e. The van der Waals surface area contributed by atoms with Gasteiger partial charge in [0.25, 0.3) is 0 Å². The molecule has 0 aromatic heterocycles. The number of nitrogens with zero attached hydrogens (tertiary/aromatic N) is 1. The average Bonchev–Trinajstić information content (AvgIpc) is 2.82. The van der Waals surface area contributed by atoms with E-state index in [2.05, 4.69) is 5.32 Å². The zero-order chi connectivity index (χ0) is 26.8. The van der Waals surface area contributed by atoms with Crippen LogP contribution < -0.4 is 11.1 Å². The van der Waals surface area contributed by atoms with Gasteiger partial charge in [0.2, 0.25) is 11.8 Å². The van der Waals surface area contributed by atoms with Crippen LogP contribution in [0, 0.1) is 11.8 Å². The molecule has 35 heavy (non-hydrogen) atoms. The number of hydrogen-bond donors (Lipinski definition) is 4. The third-order valence-corrected chi connectivity index (χ3v) is 5.86. The largest absolute Gasteiger partial charge is 0.490 e. The maximum absolute atomic E-state index is 12.6. The molecular weight excluding hydrogens is 471 g/mol. The second-order valence-corrected chi connectivity index (χ2v) is 8.40. The van der Waals surface area contributed by atoms with Gasteiger partial charge in [-0.1, -0.05) is 50.6 Å². The van der Waals surface area contributed by atoms with E-state index in [0.29, 0.717) is 25.9 Å². The van der Waals surface area contributed by atoms with Crippen molar-refractivity contribution in [3.63, 3.8) is 0 Å². The summed E-state index contributed by atoms with van der Waals surface area (Å²) in [7, 11) is 0. The van der Waals surface area contributed by atoms with E-state index in [4.69, 9.17) is 15.6 Å². The quantitative estimate of drug-likeness (QED) is 0.424. The molecule has 1 fully saturated rings. The van der Waals surface area contributed by atoms with Crippen LogP contribution in [-0.2, 0) is 25.6 Å². The maximum Gasteiger partial charge on any atom is 0.490 e. The van der Waals surface area contributed by atoms with Crippen molar-refractivity contribution in [1.82, 2.24) is 10.2 Å². The van der Waals surface area contributed by atoms with Gasteiger partial charge in [0.05, 0.1) is 6.04 Å². The van der Waals surface area contributed by atoms with Crippen LogP contribution in [0.25, 0.3) is 0 Å². The summed E-state index contributed by atoms with van der Waals surface area (Å²) in [6, 6.07) is 7.74. The van der Waals surface area contributed by atoms with Gasteiger partial charge < -0.3 is 26.2 Å². The topological polar surface area (TPSA) is 150 Å². The standard InChI is InChI=1S/C21H31N3O4.C2HF3O2/c1-3-14(2)18(22)20(26)24-11-9-16(10-12-24)19(25)23-17(21(27)28)13-15-7-5-4-6-8-15;3-2(4,5)1(6)7/h4-8,14,16-18H,3,9-13,22H2,1-2H3,(H,23,25)(H,27,28);(H,6,7)/t14?,17-,18-;/m0./s1. The van der Waals surface area contributed by atoms with Crippen LogP contribution >= 0.6 is 0 Å². The van der Waals surface area contributed by atoms with E-state index in [-0.39, 0.29) is 30.1 Å². The van der Waals surface area contributed by atoms with Crippen molar-refractivity contribution in [1.29, 1.82) is 0 Å². The fraction of sp³-hybridized carbons (Fsp3) is 0.565. The van der Waals surface area contributed by atoms with E-state index in [9.17, 15) is 32.7 Å². The molecule has 1 aromatic carbocycles. The summed E-state index contributed by atoms with van der Waals surface area (Å²) in [6.45, 7) is 4.90. The number of piperidine rings is 1. The summed E-state index contributed by atoms with van der Waals surface area (Å²) in [6.07, 6.45) is -2.97. The van der Waals surface area contributed by atoms with E-state index >= 15 is 0 Å². The van der Waals surface area contributed by atoms with Gasteiger partial charge in [0.15, 0.2) is 0 Å². The van der Waals surface area contributed by atoms with Crippen LogP contribution in [-0.4, -0.2) is 70.2 Å². The van der Waals surface area contributed by atoms with Crippen molar-refractivity contribution in [2.24, 2.45) is 17.6 Å². The molecule has 0 bridgehead atoms. The Balaban J connectivity index is 0.000000762. The number of benzene rings is 1. The van der Waals surface area contributed by atoms with Gasteiger partial charge in [0.1, 0.15) is 6.04 Å². The predicted octanol–water partition coefficient (Wildman–Crippen LogP) is 2.04. The number of halogens is 3. The minimum Gasteiger partial charge on any atom is -0.480 e. The summed E-state index contributed by atoms with van der Waals surface area (Å²) >= 11 is 0. The molecule has 1 aliphatic heterocycles. The number of carbonyl (C=O) groups excluding carboxylic acids is 2. The molecule has 0 radical (unpaired) electrons. The first-order chi connectivity index (χ1) is 16.3. The first-order valence-electron chi connectivity index (χ1n) is 11.2. The molecule has 1 saturated heterocycles. The van der Waals surface area contributed by atoms with Gasteiger partial charge in [-0.2, -0.15) is 13.2 Å². The van der Waals surface area contributed by atoms with E-state index in [1.807, 2.05) is 44.2 Å². The van der Waals surface area contributed by atoms with E-state index in [1.165, 1.54) is 0 Å². The number of carboxylic acid groups (broad SMARTS) is 2. The average molecular weight is 504 g/mol. The zero-order valence-electron chi connectivity index (χ0n) is 19.6. The molecule has 5 N–H and O–H groups in total. The molecule has 1 unspecified atom stereocenters. The van der Waals surface area contributed by atoms with Crippen LogP contribution in [0.5, 0.6) is 0 Å². The summed E-state index contributed by atoms with van der Waals surface area (Å²) < 4.78 is 31.7. The lowest BCUT2D eigenvalue weighted by atomic mass is 9.93. The lowest BCUT2D eigenvalue weighted by molar-refractivity contribution is -0.192. The predicted molar refractivity (Wildman–Crippen MR) is 120 cm³/mol. The number of amides is 2. The van der Waals surface area contributed by atoms with Gasteiger partial charge in [-0.3, -0.25) is 9.59 Å². The maximum atomic E-state index is 12.6. The van der Waals surface area contributed by atoms with Crippen LogP contribution in [0.3, 0.4) is 0 Å². The molecule has 0 aliphatic carbocycles. The second kappa shape index (κ2) is 13.7. The highest BCUT2D eigenvalue weighted by atomic mass is 19.4. The van der Waals surface area contributed by atoms with Gasteiger partial charge >= 0.3 is 18.1 Å². The van der Waals surface area contributed by atoms with Crippen molar-refractivity contribution in [3.05, 3.63) is 35.9 Å². The van der Waals surface area contributed by atoms with E-state index in [0.717, 1.165) is 12.0 Å². The van der Waals surface area contributed by atoms with Crippen molar-refractivity contribution in [3.8, 4) is 0 Å². The number of hydrogen-bond acceptors (Lipinski definition) is 5. The Bertz CT molecular complexity index is 858. The van der Waals surface area contributed by atoms with Crippen molar-refractivity contribution >= 4 is 23.8 Å². The van der Waals surface area contributed by atoms with Crippen LogP contribution in [0.15, 0.2) is 30.3 Å². The summed E-state index contributed by atoms with van der Waals surface area (Å²) in [4.78, 5) is 47.2. The van der Waals surface area contributed by atoms with Crippen LogP contribution in [0.2, 0.25) is 0 Å². The van der Waals surface area contributed by atoms with Gasteiger partial charge in [-0.25, -0.2) is 9.59 Å². The number of rotatable bonds is 8. The first-order valence-corrected chi connectivity index (χ1v) is 11.2. The molecule has 196 valence electrons. The Morgan fingerprint density at radius 1 is 1.11 bits per heavy atom. The molecule has 9 nitrogen and oxygen atoms in total. The number of nitrogens with two attached hydrogens (primary N) is 1. The number of carboxylic acids is 2. The lowest BCUT2D eigenvalue weighted by Crippen LogP contribution is -2.52. The Hall–Kier alpha value is -3.15. The highest BCUT2D eigenvalue weighted by Crippen LogP contribution is 2.20. The third kappa shape index (κ3) is 9.93. The molecular formula is C23H32F3N3O6. The Kier molecular flexibility index (Phi) is 11.7. The van der Waals surface area contributed by atoms with Crippen molar-refractivity contribution in [2.75, 3.05) is 13.1 Å². The highest BCUT2D eigenvalue weighted by molar-refractivity contribution is 5.86. The number of carbonyl (C=O) groups is 4. The normalized spacial score (nSPS) is 16.8. The molecule has 3 atom stereocenters. The summed E-state index contributed by atoms with van der Waals surface area (Å²) in [5, 5.41) is 19.2. The van der Waals surface area contributed by atoms with Crippen LogP contribution in [0.1, 0.15) is 38.7 Å². The zero-order valence-corrected chi connectivity index (χ0v) is 19.6. The molecule has 1 aromatic rings. The molecule has 0 spiro atoms. The molecule has 2 amide bonds. The van der Waals surface area contributed by atoms with E-state index in [1.54, 1.807) is 4.90 Å². The minimum absolute atomic E-state index is 0.0688. The van der Waals surface area contributed by atoms with Gasteiger partial charge in [-0.15, -0.1) is 0 Å². The van der Waals surface area contributed by atoms with Gasteiger partial charge in [0, 0.05) is 25.4 Å². The Morgan fingerprint density at radius 2 is 1.63 bits per heavy atom. The number of nitrogens with one attached hydrogen (secondary N) is 1. The van der Waals surface area contributed by atoms with Crippen LogP contribution in [0.4, 0.5) is 13.2 Å².